The molecule has 3 aromatic rings. The molecular formula is C16H12F2N2O2. The number of rotatable bonds is 4. The Morgan fingerprint density at radius 2 is 1.82 bits per heavy atom. The fourth-order valence-electron chi connectivity index (χ4n) is 2.24. The third kappa shape index (κ3) is 2.27. The Morgan fingerprint density at radius 1 is 1.14 bits per heavy atom. The summed E-state index contributed by atoms with van der Waals surface area (Å²) < 4.78 is 30.0. The topological polar surface area (TPSA) is 54.6 Å². The zero-order valence-electron chi connectivity index (χ0n) is 11.4. The Kier molecular flexibility index (Phi) is 3.46. The Labute approximate surface area is 124 Å². The largest absolute Gasteiger partial charge is 0.382 e. The first kappa shape index (κ1) is 14.3. The smallest absolute Gasteiger partial charge is 0.340 e. The maximum atomic E-state index is 14.3. The van der Waals surface area contributed by atoms with Crippen molar-refractivity contribution < 1.29 is 18.7 Å². The highest BCUT2D eigenvalue weighted by Crippen LogP contribution is 2.34. The van der Waals surface area contributed by atoms with E-state index in [9.17, 15) is 18.7 Å². The van der Waals surface area contributed by atoms with Gasteiger partial charge in [-0.3, -0.25) is 9.20 Å². The van der Waals surface area contributed by atoms with Crippen LogP contribution in [0.5, 0.6) is 0 Å². The first-order valence-corrected chi connectivity index (χ1v) is 6.59. The number of fused-ring (bicyclic) bond motifs is 1. The van der Waals surface area contributed by atoms with Crippen LogP contribution in [0, 0.1) is 0 Å². The molecule has 0 fully saturated rings. The number of hydrogen-bond donors (Lipinski definition) is 1. The zero-order chi connectivity index (χ0) is 15.7. The average molecular weight is 302 g/mol. The molecule has 1 aromatic carbocycles. The van der Waals surface area contributed by atoms with Crippen molar-refractivity contribution in [2.45, 2.75) is 12.0 Å². The molecule has 2 aromatic heterocycles. The quantitative estimate of drug-likeness (QED) is 0.754. The molecule has 0 aliphatic carbocycles. The number of pyridine rings is 1. The van der Waals surface area contributed by atoms with Gasteiger partial charge in [-0.15, -0.1) is 0 Å². The highest BCUT2D eigenvalue weighted by molar-refractivity contribution is 6.01. The summed E-state index contributed by atoms with van der Waals surface area (Å²) in [6.07, 6.45) is 0.347. The Morgan fingerprint density at radius 3 is 2.55 bits per heavy atom. The van der Waals surface area contributed by atoms with E-state index in [0.717, 1.165) is 6.20 Å². The van der Waals surface area contributed by atoms with Gasteiger partial charge in [0.1, 0.15) is 11.3 Å². The third-order valence-corrected chi connectivity index (χ3v) is 3.41. The normalized spacial score (nSPS) is 13.2. The van der Waals surface area contributed by atoms with Gasteiger partial charge in [0.15, 0.2) is 6.10 Å². The number of halogens is 2. The summed E-state index contributed by atoms with van der Waals surface area (Å²) in [6.45, 7) is 0. The van der Waals surface area contributed by atoms with Crippen LogP contribution in [-0.2, 0) is 0 Å². The molecule has 1 N–H and O–H groups in total. The number of carbonyl (C=O) groups excluding carboxylic acids is 1. The number of nitrogens with zero attached hydrogens (tertiary/aromatic N) is 2. The van der Waals surface area contributed by atoms with Gasteiger partial charge in [-0.25, -0.2) is 4.98 Å². The summed E-state index contributed by atoms with van der Waals surface area (Å²) >= 11 is 0. The Hall–Kier alpha value is -2.60. The summed E-state index contributed by atoms with van der Waals surface area (Å²) in [5.74, 6) is -5.42. The van der Waals surface area contributed by atoms with E-state index in [1.807, 2.05) is 0 Å². The number of aliphatic hydroxyl groups excluding tert-OH is 1. The Bertz CT molecular complexity index is 815. The highest BCUT2D eigenvalue weighted by atomic mass is 19.3. The number of benzene rings is 1. The zero-order valence-corrected chi connectivity index (χ0v) is 11.4. The van der Waals surface area contributed by atoms with Crippen LogP contribution < -0.4 is 0 Å². The summed E-state index contributed by atoms with van der Waals surface area (Å²) in [5, 5.41) is 9.89. The number of Topliss-reactive ketones (excluding diaryl/α,β-unsaturated/α-hetero) is 1. The van der Waals surface area contributed by atoms with Crippen molar-refractivity contribution in [3.63, 3.8) is 0 Å². The predicted molar refractivity (Wildman–Crippen MR) is 75.9 cm³/mol. The van der Waals surface area contributed by atoms with Crippen molar-refractivity contribution in [3.05, 3.63) is 72.2 Å². The fraction of sp³-hybridized carbons (Fsp3) is 0.125. The standard InChI is InChI=1S/C16H12F2N2O2/c17-16(18,14(21)11-6-2-1-3-7-11)15(22)12-10-19-13-8-4-5-9-20(12)13/h1-10,14,21H/t14-/m0/s1. The van der Waals surface area contributed by atoms with Crippen LogP contribution in [0.25, 0.3) is 5.65 Å². The summed E-state index contributed by atoms with van der Waals surface area (Å²) in [5.41, 5.74) is 0.0982. The summed E-state index contributed by atoms with van der Waals surface area (Å²) in [4.78, 5) is 16.1. The molecule has 1 atom stereocenters. The lowest BCUT2D eigenvalue weighted by molar-refractivity contribution is -0.0795. The van der Waals surface area contributed by atoms with Crippen LogP contribution in [-0.4, -0.2) is 26.2 Å². The molecule has 2 heterocycles. The first-order valence-electron chi connectivity index (χ1n) is 6.59. The second-order valence-electron chi connectivity index (χ2n) is 4.84. The van der Waals surface area contributed by atoms with Crippen molar-refractivity contribution in [2.24, 2.45) is 0 Å². The van der Waals surface area contributed by atoms with E-state index in [0.29, 0.717) is 5.65 Å². The minimum Gasteiger partial charge on any atom is -0.382 e. The maximum absolute atomic E-state index is 14.3. The molecule has 4 nitrogen and oxygen atoms in total. The number of imidazole rings is 1. The van der Waals surface area contributed by atoms with Gasteiger partial charge in [-0.1, -0.05) is 36.4 Å². The van der Waals surface area contributed by atoms with Crippen LogP contribution in [0.2, 0.25) is 0 Å². The van der Waals surface area contributed by atoms with E-state index >= 15 is 0 Å². The van der Waals surface area contributed by atoms with Gasteiger partial charge in [0.25, 0.3) is 5.78 Å². The molecule has 0 aliphatic heterocycles. The van der Waals surface area contributed by atoms with Crippen molar-refractivity contribution in [1.29, 1.82) is 0 Å². The molecule has 0 saturated heterocycles. The van der Waals surface area contributed by atoms with Gasteiger partial charge in [-0.2, -0.15) is 8.78 Å². The van der Waals surface area contributed by atoms with Crippen LogP contribution in [0.1, 0.15) is 22.2 Å². The number of alkyl halides is 2. The third-order valence-electron chi connectivity index (χ3n) is 3.41. The Balaban J connectivity index is 2.00. The van der Waals surface area contributed by atoms with Gasteiger partial charge in [0.2, 0.25) is 0 Å². The van der Waals surface area contributed by atoms with Crippen molar-refractivity contribution in [2.75, 3.05) is 0 Å². The number of carbonyl (C=O) groups is 1. The monoisotopic (exact) mass is 302 g/mol. The predicted octanol–water partition coefficient (Wildman–Crippen LogP) is 2.89. The average Bonchev–Trinajstić information content (AvgIpc) is 2.98. The first-order chi connectivity index (χ1) is 10.5. The lowest BCUT2D eigenvalue weighted by atomic mass is 9.99. The summed E-state index contributed by atoms with van der Waals surface area (Å²) in [6, 6.07) is 12.3. The van der Waals surface area contributed by atoms with Crippen LogP contribution >= 0.6 is 0 Å². The van der Waals surface area contributed by atoms with Crippen LogP contribution in [0.15, 0.2) is 60.9 Å². The van der Waals surface area contributed by atoms with Crippen LogP contribution in [0.3, 0.4) is 0 Å². The molecule has 0 bridgehead atoms. The second-order valence-corrected chi connectivity index (χ2v) is 4.84. The molecule has 112 valence electrons. The minimum atomic E-state index is -3.95. The van der Waals surface area contributed by atoms with Crippen LogP contribution in [0.4, 0.5) is 8.78 Å². The van der Waals surface area contributed by atoms with Gasteiger partial charge in [0, 0.05) is 6.20 Å². The molecule has 0 amide bonds. The number of hydrogen-bond acceptors (Lipinski definition) is 3. The number of aromatic nitrogens is 2. The lowest BCUT2D eigenvalue weighted by Gasteiger charge is -2.21. The van der Waals surface area contributed by atoms with Gasteiger partial charge in [-0.05, 0) is 17.7 Å². The molecule has 3 rings (SSSR count). The van der Waals surface area contributed by atoms with E-state index in [-0.39, 0.29) is 11.3 Å². The lowest BCUT2D eigenvalue weighted by Crippen LogP contribution is -2.36. The molecule has 0 unspecified atom stereocenters. The van der Waals surface area contributed by atoms with E-state index < -0.39 is 17.8 Å². The molecule has 6 heteroatoms. The maximum Gasteiger partial charge on any atom is 0.340 e. The van der Waals surface area contributed by atoms with E-state index in [1.165, 1.54) is 34.9 Å². The van der Waals surface area contributed by atoms with Crippen molar-refractivity contribution >= 4 is 11.4 Å². The molecule has 0 radical (unpaired) electrons. The van der Waals surface area contributed by atoms with E-state index in [4.69, 9.17) is 0 Å². The molecule has 0 aliphatic rings. The SMILES string of the molecule is O=C(c1cnc2ccccn12)C(F)(F)[C@@H](O)c1ccccc1. The molecule has 0 spiro atoms. The van der Waals surface area contributed by atoms with Gasteiger partial charge < -0.3 is 5.11 Å². The van der Waals surface area contributed by atoms with Crippen molar-refractivity contribution in [1.82, 2.24) is 9.38 Å². The van der Waals surface area contributed by atoms with Crippen molar-refractivity contribution in [3.8, 4) is 0 Å². The van der Waals surface area contributed by atoms with Gasteiger partial charge >= 0.3 is 5.92 Å². The van der Waals surface area contributed by atoms with E-state index in [2.05, 4.69) is 4.98 Å². The summed E-state index contributed by atoms with van der Waals surface area (Å²) in [7, 11) is 0. The molecule has 22 heavy (non-hydrogen) atoms. The highest BCUT2D eigenvalue weighted by Gasteiger charge is 2.48. The second kappa shape index (κ2) is 5.31. The molecule has 0 saturated carbocycles. The van der Waals surface area contributed by atoms with E-state index in [1.54, 1.807) is 24.3 Å². The fourth-order valence-corrected chi connectivity index (χ4v) is 2.24. The minimum absolute atomic E-state index is 0.0188. The van der Waals surface area contributed by atoms with Gasteiger partial charge in [0.05, 0.1) is 6.20 Å². The number of aliphatic hydroxyl groups is 1. The number of ketones is 1. The molecular weight excluding hydrogens is 290 g/mol.